The number of hydrogen-bond acceptors (Lipinski definition) is 5. The van der Waals surface area contributed by atoms with E-state index in [0.717, 1.165) is 48.3 Å². The molecule has 0 aliphatic rings. The number of pyridine rings is 1. The van der Waals surface area contributed by atoms with Gasteiger partial charge in [-0.2, -0.15) is 0 Å². The van der Waals surface area contributed by atoms with E-state index < -0.39 is 0 Å². The first-order chi connectivity index (χ1) is 16.0. The largest absolute Gasteiger partial charge is 0.506 e. The van der Waals surface area contributed by atoms with Crippen molar-refractivity contribution < 1.29 is 14.7 Å². The monoisotopic (exact) mass is 470 g/mol. The highest BCUT2D eigenvalue weighted by Gasteiger charge is 2.13. The Bertz CT molecular complexity index is 885. The number of phenols is 1. The van der Waals surface area contributed by atoms with E-state index in [4.69, 9.17) is 0 Å². The van der Waals surface area contributed by atoms with Crippen molar-refractivity contribution in [3.63, 3.8) is 0 Å². The number of nitrogens with zero attached hydrogens (tertiary/aromatic N) is 1. The van der Waals surface area contributed by atoms with Gasteiger partial charge in [-0.25, -0.2) is 0 Å². The molecule has 0 aliphatic heterocycles. The summed E-state index contributed by atoms with van der Waals surface area (Å²) in [5, 5.41) is 13.5. The Hall–Kier alpha value is -2.34. The van der Waals surface area contributed by atoms with E-state index in [1.165, 1.54) is 50.3 Å². The number of phenolic OH excluding ortho intramolecular Hbond substituents is 1. The van der Waals surface area contributed by atoms with E-state index in [1.54, 1.807) is 25.3 Å². The van der Waals surface area contributed by atoms with Crippen LogP contribution < -0.4 is 5.32 Å². The summed E-state index contributed by atoms with van der Waals surface area (Å²) in [5.41, 5.74) is 3.07. The van der Waals surface area contributed by atoms with E-state index in [-0.39, 0.29) is 16.8 Å². The highest BCUT2D eigenvalue weighted by molar-refractivity contribution is 8.13. The summed E-state index contributed by atoms with van der Waals surface area (Å²) in [4.78, 5) is 27.6. The van der Waals surface area contributed by atoms with Crippen LogP contribution in [-0.2, 0) is 9.59 Å². The fraction of sp³-hybridized carbons (Fsp3) is 0.519. The summed E-state index contributed by atoms with van der Waals surface area (Å²) < 4.78 is 0. The van der Waals surface area contributed by atoms with Crippen LogP contribution in [0.15, 0.2) is 36.5 Å². The van der Waals surface area contributed by atoms with Gasteiger partial charge in [-0.3, -0.25) is 14.6 Å². The first-order valence-electron chi connectivity index (χ1n) is 12.2. The molecular weight excluding hydrogens is 432 g/mol. The van der Waals surface area contributed by atoms with Gasteiger partial charge in [-0.1, -0.05) is 75.3 Å². The molecule has 2 aromatic rings. The minimum absolute atomic E-state index is 0.0635. The average molecular weight is 471 g/mol. The van der Waals surface area contributed by atoms with Crippen LogP contribution >= 0.6 is 11.8 Å². The summed E-state index contributed by atoms with van der Waals surface area (Å²) in [6.07, 6.45) is 13.9. The second kappa shape index (κ2) is 15.5. The Morgan fingerprint density at radius 3 is 2.21 bits per heavy atom. The van der Waals surface area contributed by atoms with Gasteiger partial charge in [0, 0.05) is 36.6 Å². The van der Waals surface area contributed by atoms with Gasteiger partial charge in [-0.05, 0) is 43.5 Å². The third kappa shape index (κ3) is 10.9. The zero-order chi connectivity index (χ0) is 23.9. The molecule has 6 heteroatoms. The zero-order valence-electron chi connectivity index (χ0n) is 20.1. The van der Waals surface area contributed by atoms with Gasteiger partial charge < -0.3 is 10.4 Å². The van der Waals surface area contributed by atoms with Gasteiger partial charge in [0.2, 0.25) is 5.91 Å². The Labute approximate surface area is 202 Å². The molecule has 1 aromatic heterocycles. The highest BCUT2D eigenvalue weighted by atomic mass is 32.2. The van der Waals surface area contributed by atoms with Gasteiger partial charge in [-0.15, -0.1) is 0 Å². The molecule has 0 bridgehead atoms. The maximum absolute atomic E-state index is 12.5. The number of para-hydroxylation sites is 1. The number of aromatic hydroxyl groups is 1. The third-order valence-corrected chi connectivity index (χ3v) is 6.52. The van der Waals surface area contributed by atoms with Gasteiger partial charge in [0.05, 0.1) is 5.69 Å². The molecule has 0 atom stereocenters. The van der Waals surface area contributed by atoms with Gasteiger partial charge in [0.25, 0.3) is 0 Å². The van der Waals surface area contributed by atoms with Crippen molar-refractivity contribution in [1.29, 1.82) is 0 Å². The topological polar surface area (TPSA) is 79.3 Å². The van der Waals surface area contributed by atoms with Crippen LogP contribution in [0.2, 0.25) is 0 Å². The van der Waals surface area contributed by atoms with E-state index in [2.05, 4.69) is 10.3 Å². The van der Waals surface area contributed by atoms with Gasteiger partial charge in [0.1, 0.15) is 5.75 Å². The van der Waals surface area contributed by atoms with Crippen LogP contribution in [0.25, 0.3) is 11.1 Å². The number of nitrogens with one attached hydrogen (secondary N) is 1. The number of aryl methyl sites for hydroxylation is 1. The lowest BCUT2D eigenvalue weighted by Gasteiger charge is -2.13. The number of rotatable bonds is 15. The number of carbonyl (C=O) groups excluding carboxylic acids is 2. The fourth-order valence-electron chi connectivity index (χ4n) is 3.84. The maximum atomic E-state index is 12.5. The van der Waals surface area contributed by atoms with Crippen molar-refractivity contribution >= 4 is 28.5 Å². The minimum atomic E-state index is -0.0635. The molecule has 5 nitrogen and oxygen atoms in total. The second-order valence-electron chi connectivity index (χ2n) is 8.56. The van der Waals surface area contributed by atoms with Crippen molar-refractivity contribution in [2.75, 3.05) is 11.1 Å². The molecule has 1 aromatic carbocycles. The number of amides is 1. The van der Waals surface area contributed by atoms with Crippen LogP contribution in [0.5, 0.6) is 5.75 Å². The van der Waals surface area contributed by atoms with Crippen LogP contribution in [0.4, 0.5) is 5.69 Å². The summed E-state index contributed by atoms with van der Waals surface area (Å²) in [7, 11) is 0. The van der Waals surface area contributed by atoms with Crippen molar-refractivity contribution in [1.82, 2.24) is 4.98 Å². The minimum Gasteiger partial charge on any atom is -0.506 e. The molecule has 0 fully saturated rings. The summed E-state index contributed by atoms with van der Waals surface area (Å²) in [6.45, 7) is 3.55. The molecule has 0 unspecified atom stereocenters. The average Bonchev–Trinajstić information content (AvgIpc) is 2.78. The SMILES string of the molecule is CC(=O)SCCCCCCCCCCCCC(=O)Nc1c(O)cccc1-c1ccnc(C)c1. The summed E-state index contributed by atoms with van der Waals surface area (Å²) in [5.74, 6) is 0.969. The molecule has 1 amide bonds. The quantitative estimate of drug-likeness (QED) is 0.211. The number of anilines is 1. The zero-order valence-corrected chi connectivity index (χ0v) is 20.9. The lowest BCUT2D eigenvalue weighted by molar-refractivity contribution is -0.116. The van der Waals surface area contributed by atoms with Crippen molar-refractivity contribution in [3.05, 3.63) is 42.2 Å². The number of hydrogen-bond donors (Lipinski definition) is 2. The number of unbranched alkanes of at least 4 members (excludes halogenated alkanes) is 9. The lowest BCUT2D eigenvalue weighted by atomic mass is 10.0. The van der Waals surface area contributed by atoms with Crippen LogP contribution in [0.3, 0.4) is 0 Å². The first kappa shape index (κ1) is 26.9. The fourth-order valence-corrected chi connectivity index (χ4v) is 4.48. The molecular formula is C27H38N2O3S. The molecule has 33 heavy (non-hydrogen) atoms. The number of thioether (sulfide) groups is 1. The molecule has 0 radical (unpaired) electrons. The standard InChI is InChI=1S/C27H38N2O3S/c1-21-20-23(17-18-28-21)24-14-13-15-25(31)27(24)29-26(32)16-11-9-7-5-3-4-6-8-10-12-19-33-22(2)30/h13-15,17-18,20,31H,3-12,16,19H2,1-2H3,(H,29,32). The first-order valence-corrected chi connectivity index (χ1v) is 13.1. The van der Waals surface area contributed by atoms with E-state index in [0.29, 0.717) is 12.1 Å². The van der Waals surface area contributed by atoms with Crippen LogP contribution in [0.1, 0.15) is 83.2 Å². The Kier molecular flexibility index (Phi) is 12.6. The third-order valence-electron chi connectivity index (χ3n) is 5.62. The molecule has 0 spiro atoms. The molecule has 2 rings (SSSR count). The lowest BCUT2D eigenvalue weighted by Crippen LogP contribution is -2.12. The van der Waals surface area contributed by atoms with Crippen molar-refractivity contribution in [2.45, 2.75) is 84.5 Å². The maximum Gasteiger partial charge on any atom is 0.224 e. The van der Waals surface area contributed by atoms with Gasteiger partial charge in [0.15, 0.2) is 5.12 Å². The van der Waals surface area contributed by atoms with E-state index in [1.807, 2.05) is 25.1 Å². The van der Waals surface area contributed by atoms with Crippen molar-refractivity contribution in [2.24, 2.45) is 0 Å². The Morgan fingerprint density at radius 1 is 0.939 bits per heavy atom. The molecule has 0 saturated carbocycles. The smallest absolute Gasteiger partial charge is 0.224 e. The second-order valence-corrected chi connectivity index (χ2v) is 9.83. The summed E-state index contributed by atoms with van der Waals surface area (Å²) >= 11 is 1.43. The normalized spacial score (nSPS) is 10.8. The number of benzene rings is 1. The molecule has 2 N–H and O–H groups in total. The number of carbonyl (C=O) groups is 2. The van der Waals surface area contributed by atoms with E-state index >= 15 is 0 Å². The number of aromatic nitrogens is 1. The van der Waals surface area contributed by atoms with Crippen LogP contribution in [0, 0.1) is 6.92 Å². The predicted molar refractivity (Wildman–Crippen MR) is 139 cm³/mol. The molecule has 1 heterocycles. The molecule has 0 aliphatic carbocycles. The summed E-state index contributed by atoms with van der Waals surface area (Å²) in [6, 6.07) is 9.10. The predicted octanol–water partition coefficient (Wildman–Crippen LogP) is 7.27. The molecule has 180 valence electrons. The van der Waals surface area contributed by atoms with Crippen LogP contribution in [-0.4, -0.2) is 26.9 Å². The highest BCUT2D eigenvalue weighted by Crippen LogP contribution is 2.35. The van der Waals surface area contributed by atoms with E-state index in [9.17, 15) is 14.7 Å². The molecule has 0 saturated heterocycles. The Balaban J connectivity index is 1.60. The Morgan fingerprint density at radius 2 is 1.58 bits per heavy atom. The van der Waals surface area contributed by atoms with Gasteiger partial charge >= 0.3 is 0 Å². The van der Waals surface area contributed by atoms with Crippen molar-refractivity contribution in [3.8, 4) is 16.9 Å².